The monoisotopic (exact) mass is 305 g/mol. The van der Waals surface area contributed by atoms with Crippen LogP contribution in [-0.2, 0) is 4.79 Å². The molecular formula is C15H19N3O4. The lowest BCUT2D eigenvalue weighted by Gasteiger charge is -2.14. The van der Waals surface area contributed by atoms with Crippen molar-refractivity contribution in [2.75, 3.05) is 39.7 Å². The first-order valence-corrected chi connectivity index (χ1v) is 6.52. The van der Waals surface area contributed by atoms with Crippen LogP contribution in [0.15, 0.2) is 30.0 Å². The minimum absolute atomic E-state index is 0.0724. The Bertz CT molecular complexity index is 593. The molecule has 0 fully saturated rings. The topological polar surface area (TPSA) is 94.8 Å². The van der Waals surface area contributed by atoms with Crippen molar-refractivity contribution in [3.05, 3.63) is 30.0 Å². The summed E-state index contributed by atoms with van der Waals surface area (Å²) in [5.74, 6) is 0.435. The molecule has 118 valence electrons. The summed E-state index contributed by atoms with van der Waals surface area (Å²) in [6, 6.07) is 6.79. The standard InChI is InChI=1S/C15H19N3O4/c1-18(6-7-19)10-11(9-16)15(20)17-13-8-12(21-2)4-5-14(13)22-3/h4-5,8,10,19H,6-7H2,1-3H3,(H,17,20)/b11-10-. The molecule has 0 spiro atoms. The van der Waals surface area contributed by atoms with E-state index in [2.05, 4.69) is 5.32 Å². The quantitative estimate of drug-likeness (QED) is 0.576. The summed E-state index contributed by atoms with van der Waals surface area (Å²) in [7, 11) is 4.65. The average Bonchev–Trinajstić information content (AvgIpc) is 2.52. The minimum atomic E-state index is -0.571. The Hall–Kier alpha value is -2.72. The maximum absolute atomic E-state index is 12.2. The number of nitrogens with one attached hydrogen (secondary N) is 1. The number of hydrogen-bond acceptors (Lipinski definition) is 6. The highest BCUT2D eigenvalue weighted by molar-refractivity contribution is 6.07. The van der Waals surface area contributed by atoms with E-state index >= 15 is 0 Å². The van der Waals surface area contributed by atoms with Crippen molar-refractivity contribution in [1.82, 2.24) is 4.90 Å². The molecule has 0 aliphatic carbocycles. The molecule has 0 saturated carbocycles. The second-order valence-corrected chi connectivity index (χ2v) is 4.38. The molecule has 0 heterocycles. The van der Waals surface area contributed by atoms with Gasteiger partial charge in [0.05, 0.1) is 26.5 Å². The number of anilines is 1. The molecule has 0 unspecified atom stereocenters. The molecule has 2 N–H and O–H groups in total. The number of ether oxygens (including phenoxy) is 2. The molecule has 7 nitrogen and oxygen atoms in total. The summed E-state index contributed by atoms with van der Waals surface area (Å²) in [6.07, 6.45) is 1.37. The van der Waals surface area contributed by atoms with Crippen LogP contribution in [0.25, 0.3) is 0 Å². The van der Waals surface area contributed by atoms with Gasteiger partial charge in [-0.2, -0.15) is 5.26 Å². The van der Waals surface area contributed by atoms with Crippen molar-refractivity contribution in [2.45, 2.75) is 0 Å². The number of likely N-dealkylation sites (N-methyl/N-ethyl adjacent to an activating group) is 1. The lowest BCUT2D eigenvalue weighted by Crippen LogP contribution is -2.20. The third-order valence-electron chi connectivity index (χ3n) is 2.82. The highest BCUT2D eigenvalue weighted by Gasteiger charge is 2.14. The van der Waals surface area contributed by atoms with E-state index in [9.17, 15) is 4.79 Å². The van der Waals surface area contributed by atoms with Crippen LogP contribution in [0.4, 0.5) is 5.69 Å². The van der Waals surface area contributed by atoms with Crippen molar-refractivity contribution in [1.29, 1.82) is 5.26 Å². The first-order chi connectivity index (χ1) is 10.5. The van der Waals surface area contributed by atoms with Gasteiger partial charge in [0, 0.05) is 25.9 Å². The van der Waals surface area contributed by atoms with Crippen molar-refractivity contribution in [3.8, 4) is 17.6 Å². The maximum atomic E-state index is 12.2. The van der Waals surface area contributed by atoms with E-state index in [1.165, 1.54) is 20.4 Å². The van der Waals surface area contributed by atoms with Crippen molar-refractivity contribution < 1.29 is 19.4 Å². The normalized spacial score (nSPS) is 10.6. The Labute approximate surface area is 129 Å². The predicted molar refractivity (Wildman–Crippen MR) is 81.6 cm³/mol. The number of carbonyl (C=O) groups excluding carboxylic acids is 1. The molecule has 7 heteroatoms. The van der Waals surface area contributed by atoms with E-state index in [4.69, 9.17) is 19.8 Å². The lowest BCUT2D eigenvalue weighted by atomic mass is 10.2. The highest BCUT2D eigenvalue weighted by Crippen LogP contribution is 2.29. The van der Waals surface area contributed by atoms with Crippen molar-refractivity contribution in [3.63, 3.8) is 0 Å². The molecule has 0 aromatic heterocycles. The smallest absolute Gasteiger partial charge is 0.267 e. The third kappa shape index (κ3) is 4.68. The zero-order valence-corrected chi connectivity index (χ0v) is 12.8. The summed E-state index contributed by atoms with van der Waals surface area (Å²) in [5, 5.41) is 20.5. The first-order valence-electron chi connectivity index (χ1n) is 6.52. The number of nitriles is 1. The number of amides is 1. The summed E-state index contributed by atoms with van der Waals surface area (Å²) in [4.78, 5) is 13.7. The summed E-state index contributed by atoms with van der Waals surface area (Å²) in [5.41, 5.74) is 0.318. The number of carbonyl (C=O) groups is 1. The van der Waals surface area contributed by atoms with Crippen LogP contribution in [0.1, 0.15) is 0 Å². The number of nitrogens with zero attached hydrogens (tertiary/aromatic N) is 2. The molecule has 1 rings (SSSR count). The van der Waals surface area contributed by atoms with E-state index in [0.717, 1.165) is 0 Å². The Morgan fingerprint density at radius 1 is 1.45 bits per heavy atom. The van der Waals surface area contributed by atoms with Crippen molar-refractivity contribution >= 4 is 11.6 Å². The molecule has 0 radical (unpaired) electrons. The van der Waals surface area contributed by atoms with Gasteiger partial charge < -0.3 is 24.8 Å². The number of hydrogen-bond donors (Lipinski definition) is 2. The maximum Gasteiger partial charge on any atom is 0.267 e. The second-order valence-electron chi connectivity index (χ2n) is 4.38. The largest absolute Gasteiger partial charge is 0.497 e. The summed E-state index contributed by atoms with van der Waals surface area (Å²) < 4.78 is 10.3. The summed E-state index contributed by atoms with van der Waals surface area (Å²) >= 11 is 0. The zero-order chi connectivity index (χ0) is 16.5. The zero-order valence-electron chi connectivity index (χ0n) is 12.8. The van der Waals surface area contributed by atoms with Gasteiger partial charge in [-0.15, -0.1) is 0 Å². The van der Waals surface area contributed by atoms with Gasteiger partial charge in [-0.05, 0) is 12.1 Å². The fraction of sp³-hybridized carbons (Fsp3) is 0.333. The van der Waals surface area contributed by atoms with Crippen LogP contribution >= 0.6 is 0 Å². The highest BCUT2D eigenvalue weighted by atomic mass is 16.5. The fourth-order valence-corrected chi connectivity index (χ4v) is 1.68. The fourth-order valence-electron chi connectivity index (χ4n) is 1.68. The number of aliphatic hydroxyl groups excluding tert-OH is 1. The van der Waals surface area contributed by atoms with Crippen LogP contribution in [0.3, 0.4) is 0 Å². The molecule has 0 aliphatic rings. The van der Waals surface area contributed by atoms with Crippen LogP contribution in [0.5, 0.6) is 11.5 Å². The second kappa shape index (κ2) is 8.54. The van der Waals surface area contributed by atoms with Crippen LogP contribution in [-0.4, -0.2) is 50.3 Å². The van der Waals surface area contributed by atoms with Gasteiger partial charge in [-0.3, -0.25) is 4.79 Å². The van der Waals surface area contributed by atoms with Crippen LogP contribution < -0.4 is 14.8 Å². The predicted octanol–water partition coefficient (Wildman–Crippen LogP) is 0.974. The van der Waals surface area contributed by atoms with E-state index in [-0.39, 0.29) is 12.2 Å². The summed E-state index contributed by atoms with van der Waals surface area (Å²) in [6.45, 7) is 0.248. The number of aliphatic hydroxyl groups is 1. The number of benzene rings is 1. The van der Waals surface area contributed by atoms with E-state index in [1.54, 1.807) is 30.1 Å². The molecule has 0 saturated heterocycles. The Morgan fingerprint density at radius 2 is 2.18 bits per heavy atom. The molecule has 1 aromatic rings. The molecule has 0 aliphatic heterocycles. The Morgan fingerprint density at radius 3 is 2.73 bits per heavy atom. The van der Waals surface area contributed by atoms with Crippen LogP contribution in [0.2, 0.25) is 0 Å². The van der Waals surface area contributed by atoms with Gasteiger partial charge in [0.2, 0.25) is 0 Å². The average molecular weight is 305 g/mol. The van der Waals surface area contributed by atoms with Crippen LogP contribution in [0, 0.1) is 11.3 Å². The SMILES string of the molecule is COc1ccc(OC)c(NC(=O)/C(C#N)=C\N(C)CCO)c1. The Kier molecular flexibility index (Phi) is 6.73. The first kappa shape index (κ1) is 17.3. The number of rotatable bonds is 7. The molecule has 0 atom stereocenters. The third-order valence-corrected chi connectivity index (χ3v) is 2.82. The number of methoxy groups -OCH3 is 2. The van der Waals surface area contributed by atoms with E-state index in [0.29, 0.717) is 23.7 Å². The minimum Gasteiger partial charge on any atom is -0.497 e. The van der Waals surface area contributed by atoms with Crippen molar-refractivity contribution in [2.24, 2.45) is 0 Å². The van der Waals surface area contributed by atoms with Gasteiger partial charge in [0.15, 0.2) is 0 Å². The van der Waals surface area contributed by atoms with Gasteiger partial charge in [0.1, 0.15) is 23.1 Å². The van der Waals surface area contributed by atoms with E-state index < -0.39 is 5.91 Å². The van der Waals surface area contributed by atoms with Gasteiger partial charge >= 0.3 is 0 Å². The van der Waals surface area contributed by atoms with E-state index in [1.807, 2.05) is 6.07 Å². The lowest BCUT2D eigenvalue weighted by molar-refractivity contribution is -0.112. The molecule has 22 heavy (non-hydrogen) atoms. The molecule has 1 aromatic carbocycles. The molecular weight excluding hydrogens is 286 g/mol. The van der Waals surface area contributed by atoms with Gasteiger partial charge in [-0.25, -0.2) is 0 Å². The Balaban J connectivity index is 2.97. The van der Waals surface area contributed by atoms with Gasteiger partial charge in [-0.1, -0.05) is 0 Å². The van der Waals surface area contributed by atoms with Gasteiger partial charge in [0.25, 0.3) is 5.91 Å². The molecule has 0 bridgehead atoms. The molecule has 1 amide bonds.